The van der Waals surface area contributed by atoms with E-state index in [9.17, 15) is 9.59 Å². The summed E-state index contributed by atoms with van der Waals surface area (Å²) in [6.07, 6.45) is 4.28. The first-order valence-corrected chi connectivity index (χ1v) is 8.76. The molecule has 6 heteroatoms. The summed E-state index contributed by atoms with van der Waals surface area (Å²) in [5, 5.41) is 9.79. The summed E-state index contributed by atoms with van der Waals surface area (Å²) in [7, 11) is 0. The first kappa shape index (κ1) is 16.2. The zero-order chi connectivity index (χ0) is 16.9. The van der Waals surface area contributed by atoms with Gasteiger partial charge in [-0.15, -0.1) is 11.3 Å². The van der Waals surface area contributed by atoms with Crippen LogP contribution in [0.1, 0.15) is 50.6 Å². The molecule has 2 aromatic rings. The van der Waals surface area contributed by atoms with Gasteiger partial charge < -0.3 is 5.11 Å². The standard InChI is InChI=1S/C17H22N2O3S/c1-9(16(21)22)19-8-18-14-13(15(19)20)11-6-5-10(17(2,3)4)7-12(11)23-14/h8-10H,5-7H2,1-4H3,(H,21,22)/t9-,10-/m0/s1. The lowest BCUT2D eigenvalue weighted by atomic mass is 9.72. The van der Waals surface area contributed by atoms with Crippen molar-refractivity contribution in [3.05, 3.63) is 27.1 Å². The number of carboxylic acid groups (broad SMARTS) is 1. The smallest absolute Gasteiger partial charge is 0.326 e. The Kier molecular flexibility index (Phi) is 3.83. The maximum atomic E-state index is 12.8. The Morgan fingerprint density at radius 3 is 2.78 bits per heavy atom. The third-order valence-corrected chi connectivity index (χ3v) is 6.16. The van der Waals surface area contributed by atoms with Crippen LogP contribution in [-0.4, -0.2) is 20.6 Å². The molecular weight excluding hydrogens is 312 g/mol. The number of aliphatic carboxylic acids is 1. The quantitative estimate of drug-likeness (QED) is 0.915. The molecule has 0 saturated heterocycles. The zero-order valence-electron chi connectivity index (χ0n) is 13.9. The van der Waals surface area contributed by atoms with Gasteiger partial charge in [-0.25, -0.2) is 9.78 Å². The Morgan fingerprint density at radius 1 is 1.48 bits per heavy atom. The number of carboxylic acids is 1. The summed E-state index contributed by atoms with van der Waals surface area (Å²) in [6.45, 7) is 8.28. The predicted octanol–water partition coefficient (Wildman–Crippen LogP) is 3.25. The highest BCUT2D eigenvalue weighted by molar-refractivity contribution is 7.18. The van der Waals surface area contributed by atoms with Crippen molar-refractivity contribution in [2.75, 3.05) is 0 Å². The molecule has 1 aliphatic rings. The number of aromatic nitrogens is 2. The van der Waals surface area contributed by atoms with Gasteiger partial charge in [0.1, 0.15) is 10.9 Å². The van der Waals surface area contributed by atoms with Crippen LogP contribution in [0.4, 0.5) is 0 Å². The van der Waals surface area contributed by atoms with Crippen molar-refractivity contribution in [2.24, 2.45) is 11.3 Å². The molecule has 0 spiro atoms. The van der Waals surface area contributed by atoms with Crippen molar-refractivity contribution in [2.45, 2.75) is 53.0 Å². The predicted molar refractivity (Wildman–Crippen MR) is 91.2 cm³/mol. The average molecular weight is 334 g/mol. The van der Waals surface area contributed by atoms with Gasteiger partial charge in [0.05, 0.1) is 11.7 Å². The normalized spacial score (nSPS) is 19.6. The van der Waals surface area contributed by atoms with Crippen LogP contribution in [0.25, 0.3) is 10.2 Å². The molecule has 2 aromatic heterocycles. The fraction of sp³-hybridized carbons (Fsp3) is 0.588. The number of hydrogen-bond acceptors (Lipinski definition) is 4. The second kappa shape index (κ2) is 5.44. The van der Waals surface area contributed by atoms with Gasteiger partial charge in [-0.3, -0.25) is 9.36 Å². The van der Waals surface area contributed by atoms with Crippen molar-refractivity contribution < 1.29 is 9.90 Å². The highest BCUT2D eigenvalue weighted by atomic mass is 32.1. The van der Waals surface area contributed by atoms with Gasteiger partial charge in [0.15, 0.2) is 0 Å². The second-order valence-corrected chi connectivity index (χ2v) is 8.54. The minimum atomic E-state index is -1.02. The van der Waals surface area contributed by atoms with E-state index in [1.165, 1.54) is 22.7 Å². The first-order chi connectivity index (χ1) is 10.7. The summed E-state index contributed by atoms with van der Waals surface area (Å²) in [5.74, 6) is -0.423. The Labute approximate surface area is 139 Å². The molecule has 0 amide bonds. The van der Waals surface area contributed by atoms with Crippen LogP contribution in [-0.2, 0) is 17.6 Å². The van der Waals surface area contributed by atoms with E-state index in [4.69, 9.17) is 5.11 Å². The molecule has 0 aromatic carbocycles. The molecule has 23 heavy (non-hydrogen) atoms. The molecule has 0 fully saturated rings. The van der Waals surface area contributed by atoms with Crippen LogP contribution in [0, 0.1) is 11.3 Å². The van der Waals surface area contributed by atoms with Gasteiger partial charge in [0.25, 0.3) is 5.56 Å². The number of hydrogen-bond donors (Lipinski definition) is 1. The van der Waals surface area contributed by atoms with Crippen molar-refractivity contribution in [3.8, 4) is 0 Å². The lowest BCUT2D eigenvalue weighted by Crippen LogP contribution is -2.29. The molecule has 2 heterocycles. The van der Waals surface area contributed by atoms with Crippen molar-refractivity contribution in [1.29, 1.82) is 0 Å². The number of nitrogens with zero attached hydrogens (tertiary/aromatic N) is 2. The van der Waals surface area contributed by atoms with Gasteiger partial charge >= 0.3 is 5.97 Å². The Hall–Kier alpha value is -1.69. The number of aryl methyl sites for hydroxylation is 1. The molecule has 0 saturated carbocycles. The van der Waals surface area contributed by atoms with E-state index in [0.29, 0.717) is 11.3 Å². The van der Waals surface area contributed by atoms with Crippen LogP contribution >= 0.6 is 11.3 Å². The summed E-state index contributed by atoms with van der Waals surface area (Å²) >= 11 is 1.59. The highest BCUT2D eigenvalue weighted by Crippen LogP contribution is 2.41. The highest BCUT2D eigenvalue weighted by Gasteiger charge is 2.32. The molecule has 0 bridgehead atoms. The topological polar surface area (TPSA) is 72.2 Å². The fourth-order valence-corrected chi connectivity index (χ4v) is 4.57. The first-order valence-electron chi connectivity index (χ1n) is 7.94. The third-order valence-electron chi connectivity index (χ3n) is 4.99. The Morgan fingerprint density at radius 2 is 2.17 bits per heavy atom. The van der Waals surface area contributed by atoms with E-state index in [2.05, 4.69) is 25.8 Å². The van der Waals surface area contributed by atoms with Crippen molar-refractivity contribution in [1.82, 2.24) is 9.55 Å². The second-order valence-electron chi connectivity index (χ2n) is 7.46. The van der Waals surface area contributed by atoms with E-state index < -0.39 is 12.0 Å². The largest absolute Gasteiger partial charge is 0.480 e. The van der Waals surface area contributed by atoms with Gasteiger partial charge in [-0.2, -0.15) is 0 Å². The van der Waals surface area contributed by atoms with Crippen molar-refractivity contribution in [3.63, 3.8) is 0 Å². The van der Waals surface area contributed by atoms with E-state index in [0.717, 1.165) is 29.7 Å². The molecule has 2 atom stereocenters. The van der Waals surface area contributed by atoms with E-state index in [-0.39, 0.29) is 11.0 Å². The van der Waals surface area contributed by atoms with Crippen LogP contribution < -0.4 is 5.56 Å². The molecule has 0 unspecified atom stereocenters. The lowest BCUT2D eigenvalue weighted by molar-refractivity contribution is -0.140. The number of carbonyl (C=O) groups is 1. The fourth-order valence-electron chi connectivity index (χ4n) is 3.31. The zero-order valence-corrected chi connectivity index (χ0v) is 14.7. The Bertz CT molecular complexity index is 829. The maximum absolute atomic E-state index is 12.8. The van der Waals surface area contributed by atoms with Crippen LogP contribution in [0.5, 0.6) is 0 Å². The molecule has 1 aliphatic carbocycles. The SMILES string of the molecule is C[C@@H](C(=O)O)n1cnc2sc3c(c2c1=O)CC[C@H](C(C)(C)C)C3. The number of rotatable bonds is 2. The lowest BCUT2D eigenvalue weighted by Gasteiger charge is -2.33. The Balaban J connectivity index is 2.11. The molecule has 0 radical (unpaired) electrons. The molecule has 5 nitrogen and oxygen atoms in total. The van der Waals surface area contributed by atoms with Crippen molar-refractivity contribution >= 4 is 27.5 Å². The van der Waals surface area contributed by atoms with Crippen LogP contribution in [0.15, 0.2) is 11.1 Å². The number of thiophene rings is 1. The van der Waals surface area contributed by atoms with Gasteiger partial charge in [-0.05, 0) is 43.1 Å². The summed E-state index contributed by atoms with van der Waals surface area (Å²) in [4.78, 5) is 30.3. The van der Waals surface area contributed by atoms with Gasteiger partial charge in [0, 0.05) is 4.88 Å². The van der Waals surface area contributed by atoms with E-state index >= 15 is 0 Å². The average Bonchev–Trinajstić information content (AvgIpc) is 2.84. The number of fused-ring (bicyclic) bond motifs is 3. The molecule has 3 rings (SSSR count). The molecular formula is C17H22N2O3S. The van der Waals surface area contributed by atoms with Gasteiger partial charge in [-0.1, -0.05) is 20.8 Å². The maximum Gasteiger partial charge on any atom is 0.326 e. The molecule has 124 valence electrons. The minimum Gasteiger partial charge on any atom is -0.480 e. The molecule has 1 N–H and O–H groups in total. The molecule has 0 aliphatic heterocycles. The minimum absolute atomic E-state index is 0.225. The van der Waals surface area contributed by atoms with E-state index in [1.807, 2.05) is 0 Å². The summed E-state index contributed by atoms with van der Waals surface area (Å²) in [5.41, 5.74) is 1.12. The monoisotopic (exact) mass is 334 g/mol. The summed E-state index contributed by atoms with van der Waals surface area (Å²) in [6, 6.07) is -0.902. The summed E-state index contributed by atoms with van der Waals surface area (Å²) < 4.78 is 1.23. The van der Waals surface area contributed by atoms with Crippen LogP contribution in [0.3, 0.4) is 0 Å². The van der Waals surface area contributed by atoms with Crippen LogP contribution in [0.2, 0.25) is 0 Å². The third kappa shape index (κ3) is 2.69. The van der Waals surface area contributed by atoms with Gasteiger partial charge in [0.2, 0.25) is 0 Å². The van der Waals surface area contributed by atoms with E-state index in [1.54, 1.807) is 11.3 Å².